The van der Waals surface area contributed by atoms with Crippen molar-refractivity contribution in [1.29, 1.82) is 0 Å². The van der Waals surface area contributed by atoms with Crippen molar-refractivity contribution in [2.45, 2.75) is 65.2 Å². The Balaban J connectivity index is 1.79. The number of H-pyrrole nitrogens is 1. The van der Waals surface area contributed by atoms with E-state index in [9.17, 15) is 0 Å². The predicted molar refractivity (Wildman–Crippen MR) is 88.3 cm³/mol. The molecule has 0 atom stereocenters. The van der Waals surface area contributed by atoms with Gasteiger partial charge in [0, 0.05) is 5.56 Å². The Bertz CT molecular complexity index is 514. The van der Waals surface area contributed by atoms with Gasteiger partial charge < -0.3 is 0 Å². The van der Waals surface area contributed by atoms with Crippen molar-refractivity contribution in [3.8, 4) is 11.3 Å². The van der Waals surface area contributed by atoms with Crippen molar-refractivity contribution in [2.24, 2.45) is 0 Å². The van der Waals surface area contributed by atoms with Crippen molar-refractivity contribution in [2.75, 3.05) is 0 Å². The van der Waals surface area contributed by atoms with E-state index in [1.165, 1.54) is 50.5 Å². The molecule has 1 aromatic carbocycles. The number of nitrogens with one attached hydrogen (secondary N) is 1. The van der Waals surface area contributed by atoms with Crippen molar-refractivity contribution >= 4 is 0 Å². The zero-order valence-electron chi connectivity index (χ0n) is 13.4. The summed E-state index contributed by atoms with van der Waals surface area (Å²) in [5, 5.41) is 11.4. The van der Waals surface area contributed by atoms with Crippen LogP contribution in [0.25, 0.3) is 11.3 Å². The molecule has 0 saturated carbocycles. The van der Waals surface area contributed by atoms with Crippen LogP contribution >= 0.6 is 0 Å². The number of rotatable bonds is 9. The van der Waals surface area contributed by atoms with Gasteiger partial charge in [-0.15, -0.1) is 0 Å². The third kappa shape index (κ3) is 5.00. The number of aromatic nitrogens is 3. The monoisotopic (exact) mass is 285 g/mol. The van der Waals surface area contributed by atoms with Gasteiger partial charge in [0.15, 0.2) is 0 Å². The smallest absolute Gasteiger partial charge is 0.115 e. The third-order valence-electron chi connectivity index (χ3n) is 3.96. The predicted octanol–water partition coefficient (Wildman–Crippen LogP) is 5.07. The van der Waals surface area contributed by atoms with Crippen molar-refractivity contribution in [3.63, 3.8) is 0 Å². The Morgan fingerprint density at radius 3 is 2.24 bits per heavy atom. The lowest BCUT2D eigenvalue weighted by atomic mass is 10.0. The number of unbranched alkanes of at least 4 members (excludes halogenated alkanes) is 6. The van der Waals surface area contributed by atoms with Gasteiger partial charge in [0.05, 0.1) is 5.69 Å². The topological polar surface area (TPSA) is 41.6 Å². The molecule has 2 rings (SSSR count). The van der Waals surface area contributed by atoms with E-state index < -0.39 is 0 Å². The maximum atomic E-state index is 4.33. The second kappa shape index (κ2) is 8.60. The molecule has 0 spiro atoms. The van der Waals surface area contributed by atoms with Crippen LogP contribution in [-0.4, -0.2) is 15.4 Å². The van der Waals surface area contributed by atoms with Crippen LogP contribution in [0, 0.1) is 6.92 Å². The van der Waals surface area contributed by atoms with Crippen LogP contribution in [0.1, 0.15) is 63.1 Å². The number of aryl methyl sites for hydroxylation is 2. The highest BCUT2D eigenvalue weighted by Crippen LogP contribution is 2.21. The van der Waals surface area contributed by atoms with Gasteiger partial charge >= 0.3 is 0 Å². The van der Waals surface area contributed by atoms with E-state index in [1.807, 2.05) is 0 Å². The number of aromatic amines is 1. The van der Waals surface area contributed by atoms with E-state index in [4.69, 9.17) is 0 Å². The minimum absolute atomic E-state index is 1.01. The zero-order valence-corrected chi connectivity index (χ0v) is 13.4. The normalized spacial score (nSPS) is 11.0. The van der Waals surface area contributed by atoms with Gasteiger partial charge in [-0.05, 0) is 19.8 Å². The van der Waals surface area contributed by atoms with E-state index in [0.29, 0.717) is 0 Å². The first-order chi connectivity index (χ1) is 10.3. The molecule has 0 bridgehead atoms. The second-order valence-corrected chi connectivity index (χ2v) is 5.86. The van der Waals surface area contributed by atoms with Crippen LogP contribution in [0.5, 0.6) is 0 Å². The maximum absolute atomic E-state index is 4.33. The summed E-state index contributed by atoms with van der Waals surface area (Å²) < 4.78 is 0. The standard InChI is InChI=1S/C18H27N3/c1-3-4-5-6-7-8-9-10-17-18(20-21-19-17)16-13-11-15(2)12-14-16/h11-14H,3-10H2,1-2H3,(H,19,20,21). The molecule has 2 aromatic rings. The van der Waals surface area contributed by atoms with Crippen LogP contribution in [-0.2, 0) is 6.42 Å². The molecule has 0 fully saturated rings. The quantitative estimate of drug-likeness (QED) is 0.653. The summed E-state index contributed by atoms with van der Waals surface area (Å²) in [5.74, 6) is 0. The lowest BCUT2D eigenvalue weighted by Gasteiger charge is -2.03. The SMILES string of the molecule is CCCCCCCCCc1n[nH]nc1-c1ccc(C)cc1. The summed E-state index contributed by atoms with van der Waals surface area (Å²) in [7, 11) is 0. The summed E-state index contributed by atoms with van der Waals surface area (Å²) in [5.41, 5.74) is 4.55. The molecule has 0 amide bonds. The zero-order chi connectivity index (χ0) is 14.9. The molecule has 1 aromatic heterocycles. The highest BCUT2D eigenvalue weighted by molar-refractivity contribution is 5.61. The molecule has 3 heteroatoms. The molecule has 0 aliphatic carbocycles. The van der Waals surface area contributed by atoms with E-state index in [-0.39, 0.29) is 0 Å². The fourth-order valence-corrected chi connectivity index (χ4v) is 2.62. The number of hydrogen-bond acceptors (Lipinski definition) is 2. The molecule has 0 aliphatic rings. The van der Waals surface area contributed by atoms with Gasteiger partial charge in [0.1, 0.15) is 5.69 Å². The Morgan fingerprint density at radius 2 is 1.52 bits per heavy atom. The van der Waals surface area contributed by atoms with Crippen molar-refractivity contribution < 1.29 is 0 Å². The van der Waals surface area contributed by atoms with Gasteiger partial charge in [-0.2, -0.15) is 15.4 Å². The van der Waals surface area contributed by atoms with Gasteiger partial charge in [0.25, 0.3) is 0 Å². The number of nitrogens with zero attached hydrogens (tertiary/aromatic N) is 2. The van der Waals surface area contributed by atoms with Crippen molar-refractivity contribution in [1.82, 2.24) is 15.4 Å². The average molecular weight is 285 g/mol. The first-order valence-corrected chi connectivity index (χ1v) is 8.28. The first-order valence-electron chi connectivity index (χ1n) is 8.28. The van der Waals surface area contributed by atoms with Crippen LogP contribution in [0.3, 0.4) is 0 Å². The van der Waals surface area contributed by atoms with Gasteiger partial charge in [-0.25, -0.2) is 0 Å². The van der Waals surface area contributed by atoms with Crippen LogP contribution in [0.15, 0.2) is 24.3 Å². The molecular weight excluding hydrogens is 258 g/mol. The summed E-state index contributed by atoms with van der Waals surface area (Å²) in [6, 6.07) is 8.51. The van der Waals surface area contributed by atoms with E-state index >= 15 is 0 Å². The molecule has 0 unspecified atom stereocenters. The molecule has 114 valence electrons. The maximum Gasteiger partial charge on any atom is 0.115 e. The number of hydrogen-bond donors (Lipinski definition) is 1. The summed E-state index contributed by atoms with van der Waals surface area (Å²) >= 11 is 0. The molecule has 0 aliphatic heterocycles. The minimum atomic E-state index is 1.01. The molecular formula is C18H27N3. The fraction of sp³-hybridized carbons (Fsp3) is 0.556. The molecule has 1 heterocycles. The van der Waals surface area contributed by atoms with E-state index in [1.54, 1.807) is 0 Å². The highest BCUT2D eigenvalue weighted by Gasteiger charge is 2.09. The highest BCUT2D eigenvalue weighted by atomic mass is 15.3. The molecule has 0 saturated heterocycles. The lowest BCUT2D eigenvalue weighted by Crippen LogP contribution is -1.91. The fourth-order valence-electron chi connectivity index (χ4n) is 2.62. The lowest BCUT2D eigenvalue weighted by molar-refractivity contribution is 0.587. The van der Waals surface area contributed by atoms with Crippen LogP contribution in [0.2, 0.25) is 0 Å². The Hall–Kier alpha value is -1.64. The van der Waals surface area contributed by atoms with E-state index in [0.717, 1.165) is 23.4 Å². The second-order valence-electron chi connectivity index (χ2n) is 5.86. The third-order valence-corrected chi connectivity index (χ3v) is 3.96. The Kier molecular flexibility index (Phi) is 6.45. The van der Waals surface area contributed by atoms with Gasteiger partial charge in [-0.1, -0.05) is 75.3 Å². The summed E-state index contributed by atoms with van der Waals surface area (Å²) in [4.78, 5) is 0. The van der Waals surface area contributed by atoms with Crippen molar-refractivity contribution in [3.05, 3.63) is 35.5 Å². The van der Waals surface area contributed by atoms with E-state index in [2.05, 4.69) is 53.5 Å². The first kappa shape index (κ1) is 15.7. The summed E-state index contributed by atoms with van der Waals surface area (Å²) in [6.07, 6.45) is 10.3. The Labute approximate surface area is 128 Å². The Morgan fingerprint density at radius 1 is 0.857 bits per heavy atom. The van der Waals surface area contributed by atoms with Gasteiger partial charge in [0.2, 0.25) is 0 Å². The minimum Gasteiger partial charge on any atom is -0.197 e. The largest absolute Gasteiger partial charge is 0.197 e. The number of benzene rings is 1. The van der Waals surface area contributed by atoms with Crippen LogP contribution in [0.4, 0.5) is 0 Å². The summed E-state index contributed by atoms with van der Waals surface area (Å²) in [6.45, 7) is 4.36. The van der Waals surface area contributed by atoms with Gasteiger partial charge in [-0.3, -0.25) is 0 Å². The molecule has 3 nitrogen and oxygen atoms in total. The molecule has 1 N–H and O–H groups in total. The van der Waals surface area contributed by atoms with Crippen LogP contribution < -0.4 is 0 Å². The average Bonchev–Trinajstić information content (AvgIpc) is 2.95. The molecule has 0 radical (unpaired) electrons. The molecule has 21 heavy (non-hydrogen) atoms.